The van der Waals surface area contributed by atoms with Crippen LogP contribution in [0.25, 0.3) is 0 Å². The molecule has 1 saturated carbocycles. The first-order chi connectivity index (χ1) is 12.9. The summed E-state index contributed by atoms with van der Waals surface area (Å²) in [6, 6.07) is 5.63. The number of nitrogens with zero attached hydrogens (tertiary/aromatic N) is 1. The minimum atomic E-state index is -3.56. The van der Waals surface area contributed by atoms with E-state index < -0.39 is 16.0 Å². The Hall–Kier alpha value is -2.19. The maximum absolute atomic E-state index is 12.6. The predicted molar refractivity (Wildman–Crippen MR) is 99.4 cm³/mol. The van der Waals surface area contributed by atoms with Gasteiger partial charge >= 0.3 is 5.97 Å². The van der Waals surface area contributed by atoms with Crippen molar-refractivity contribution in [1.82, 2.24) is 9.62 Å². The van der Waals surface area contributed by atoms with E-state index in [-0.39, 0.29) is 29.0 Å². The number of sulfonamides is 1. The number of carbonyl (C=O) groups excluding carboxylic acids is 2. The van der Waals surface area contributed by atoms with Crippen LogP contribution < -0.4 is 4.72 Å². The lowest BCUT2D eigenvalue weighted by molar-refractivity contribution is -0.133. The molecule has 2 aliphatic rings. The van der Waals surface area contributed by atoms with Crippen LogP contribution in [-0.2, 0) is 19.6 Å². The van der Waals surface area contributed by atoms with Crippen LogP contribution in [0.2, 0.25) is 0 Å². The topological polar surface area (TPSA) is 92.8 Å². The van der Waals surface area contributed by atoms with Gasteiger partial charge in [0.1, 0.15) is 0 Å². The molecule has 1 aromatic carbocycles. The van der Waals surface area contributed by atoms with Gasteiger partial charge in [-0.15, -0.1) is 0 Å². The zero-order chi connectivity index (χ0) is 19.4. The number of hydrogen-bond acceptors (Lipinski definition) is 5. The molecule has 3 rings (SSSR count). The van der Waals surface area contributed by atoms with Gasteiger partial charge in [-0.1, -0.05) is 6.08 Å². The van der Waals surface area contributed by atoms with E-state index in [1.807, 2.05) is 0 Å². The number of esters is 1. The lowest BCUT2D eigenvalue weighted by Crippen LogP contribution is -2.36. The fourth-order valence-electron chi connectivity index (χ4n) is 3.14. The number of benzene rings is 1. The first kappa shape index (κ1) is 19.6. The molecule has 0 radical (unpaired) electrons. The molecule has 1 amide bonds. The highest BCUT2D eigenvalue weighted by Crippen LogP contribution is 2.33. The molecular formula is C19H24N2O5S. The van der Waals surface area contributed by atoms with E-state index in [2.05, 4.69) is 10.8 Å². The van der Waals surface area contributed by atoms with E-state index in [1.165, 1.54) is 31.3 Å². The molecule has 1 N–H and O–H groups in total. The molecular weight excluding hydrogens is 368 g/mol. The Bertz CT molecular complexity index is 841. The van der Waals surface area contributed by atoms with Crippen molar-refractivity contribution in [2.75, 3.05) is 13.7 Å². The molecule has 0 aliphatic heterocycles. The molecule has 0 saturated heterocycles. The molecule has 0 spiro atoms. The highest BCUT2D eigenvalue weighted by molar-refractivity contribution is 7.89. The van der Waals surface area contributed by atoms with E-state index in [0.717, 1.165) is 44.2 Å². The molecule has 0 unspecified atom stereocenters. The number of allylic oxidation sites excluding steroid dienone is 2. The van der Waals surface area contributed by atoms with Gasteiger partial charge in [-0.25, -0.2) is 17.9 Å². The summed E-state index contributed by atoms with van der Waals surface area (Å²) in [6.45, 7) is -0.316. The van der Waals surface area contributed by atoms with Crippen LogP contribution in [0.3, 0.4) is 0 Å². The number of carbonyl (C=O) groups is 2. The maximum atomic E-state index is 12.6. The molecule has 0 aromatic heterocycles. The van der Waals surface area contributed by atoms with Gasteiger partial charge in [-0.05, 0) is 69.8 Å². The molecule has 2 aliphatic carbocycles. The van der Waals surface area contributed by atoms with Crippen LogP contribution in [-0.4, -0.2) is 44.9 Å². The number of hydrogen-bond donors (Lipinski definition) is 1. The molecule has 146 valence electrons. The zero-order valence-corrected chi connectivity index (χ0v) is 16.1. The summed E-state index contributed by atoms with van der Waals surface area (Å²) in [5.41, 5.74) is 1.25. The normalized spacial score (nSPS) is 17.1. The Morgan fingerprint density at radius 3 is 2.44 bits per heavy atom. The second kappa shape index (κ2) is 8.22. The fourth-order valence-corrected chi connectivity index (χ4v) is 3.87. The summed E-state index contributed by atoms with van der Waals surface area (Å²) in [4.78, 5) is 26.7. The van der Waals surface area contributed by atoms with Crippen LogP contribution in [0.15, 0.2) is 40.9 Å². The summed E-state index contributed by atoms with van der Waals surface area (Å²) >= 11 is 0. The van der Waals surface area contributed by atoms with Gasteiger partial charge < -0.3 is 9.64 Å². The number of nitrogens with one attached hydrogen (secondary N) is 1. The monoisotopic (exact) mass is 392 g/mol. The van der Waals surface area contributed by atoms with Crippen molar-refractivity contribution in [3.63, 3.8) is 0 Å². The second-order valence-corrected chi connectivity index (χ2v) is 8.63. The summed E-state index contributed by atoms with van der Waals surface area (Å²) < 4.78 is 30.8. The van der Waals surface area contributed by atoms with E-state index in [0.29, 0.717) is 0 Å². The SMILES string of the molecule is CNS(=O)(=O)c1ccc(C(=O)OCC(=O)N(C2=CCCCC2)C2CC2)cc1. The van der Waals surface area contributed by atoms with Crippen molar-refractivity contribution in [3.8, 4) is 0 Å². The van der Waals surface area contributed by atoms with Crippen molar-refractivity contribution in [3.05, 3.63) is 41.6 Å². The van der Waals surface area contributed by atoms with Crippen LogP contribution in [0.1, 0.15) is 48.9 Å². The first-order valence-electron chi connectivity index (χ1n) is 9.14. The Balaban J connectivity index is 1.61. The first-order valence-corrected chi connectivity index (χ1v) is 10.6. The summed E-state index contributed by atoms with van der Waals surface area (Å²) in [6.07, 6.45) is 8.17. The predicted octanol–water partition coefficient (Wildman–Crippen LogP) is 2.20. The third-order valence-electron chi connectivity index (χ3n) is 4.75. The number of amides is 1. The van der Waals surface area contributed by atoms with Crippen molar-refractivity contribution in [2.24, 2.45) is 0 Å². The minimum Gasteiger partial charge on any atom is -0.452 e. The average Bonchev–Trinajstić information content (AvgIpc) is 3.52. The summed E-state index contributed by atoms with van der Waals surface area (Å²) in [7, 11) is -2.25. The van der Waals surface area contributed by atoms with Gasteiger partial charge in [-0.2, -0.15) is 0 Å². The smallest absolute Gasteiger partial charge is 0.338 e. The highest BCUT2D eigenvalue weighted by Gasteiger charge is 2.35. The van der Waals surface area contributed by atoms with Gasteiger partial charge in [0.2, 0.25) is 10.0 Å². The second-order valence-electron chi connectivity index (χ2n) is 6.74. The van der Waals surface area contributed by atoms with Crippen LogP contribution >= 0.6 is 0 Å². The molecule has 0 atom stereocenters. The standard InChI is InChI=1S/C19H24N2O5S/c1-20-27(24,25)17-11-7-14(8-12-17)19(23)26-13-18(22)21(16-9-10-16)15-5-3-2-4-6-15/h5,7-8,11-12,16,20H,2-4,6,9-10,13H2,1H3. The fraction of sp³-hybridized carbons (Fsp3) is 0.474. The van der Waals surface area contributed by atoms with Gasteiger partial charge in [0.15, 0.2) is 6.61 Å². The molecule has 1 fully saturated rings. The molecule has 0 bridgehead atoms. The quantitative estimate of drug-likeness (QED) is 0.718. The Morgan fingerprint density at radius 1 is 1.19 bits per heavy atom. The molecule has 7 nitrogen and oxygen atoms in total. The van der Waals surface area contributed by atoms with Crippen molar-refractivity contribution >= 4 is 21.9 Å². The number of rotatable bonds is 7. The average molecular weight is 392 g/mol. The lowest BCUT2D eigenvalue weighted by atomic mass is 10.0. The van der Waals surface area contributed by atoms with Gasteiger partial charge in [-0.3, -0.25) is 4.79 Å². The Morgan fingerprint density at radius 2 is 1.89 bits per heavy atom. The van der Waals surface area contributed by atoms with Crippen LogP contribution in [0, 0.1) is 0 Å². The van der Waals surface area contributed by atoms with Crippen molar-refractivity contribution < 1.29 is 22.7 Å². The van der Waals surface area contributed by atoms with E-state index in [9.17, 15) is 18.0 Å². The summed E-state index contributed by atoms with van der Waals surface area (Å²) in [5.74, 6) is -0.849. The maximum Gasteiger partial charge on any atom is 0.338 e. The van der Waals surface area contributed by atoms with E-state index in [1.54, 1.807) is 4.90 Å². The van der Waals surface area contributed by atoms with Crippen molar-refractivity contribution in [1.29, 1.82) is 0 Å². The van der Waals surface area contributed by atoms with Crippen LogP contribution in [0.5, 0.6) is 0 Å². The largest absolute Gasteiger partial charge is 0.452 e. The van der Waals surface area contributed by atoms with Crippen LogP contribution in [0.4, 0.5) is 0 Å². The Kier molecular flexibility index (Phi) is 5.96. The zero-order valence-electron chi connectivity index (χ0n) is 15.3. The molecule has 0 heterocycles. The van der Waals surface area contributed by atoms with Gasteiger partial charge in [0.05, 0.1) is 10.5 Å². The number of ether oxygens (including phenoxy) is 1. The van der Waals surface area contributed by atoms with E-state index >= 15 is 0 Å². The summed E-state index contributed by atoms with van der Waals surface area (Å²) in [5, 5.41) is 0. The van der Waals surface area contributed by atoms with Crippen molar-refractivity contribution in [2.45, 2.75) is 49.5 Å². The molecule has 1 aromatic rings. The highest BCUT2D eigenvalue weighted by atomic mass is 32.2. The van der Waals surface area contributed by atoms with Gasteiger partial charge in [0.25, 0.3) is 5.91 Å². The molecule has 27 heavy (non-hydrogen) atoms. The van der Waals surface area contributed by atoms with E-state index in [4.69, 9.17) is 4.74 Å². The third-order valence-corrected chi connectivity index (χ3v) is 6.18. The lowest BCUT2D eigenvalue weighted by Gasteiger charge is -2.27. The Labute approximate surface area is 159 Å². The van der Waals surface area contributed by atoms with Gasteiger partial charge in [0, 0.05) is 11.7 Å². The molecule has 8 heteroatoms. The minimum absolute atomic E-state index is 0.0572. The third kappa shape index (κ3) is 4.75.